The molecule has 0 radical (unpaired) electrons. The van der Waals surface area contributed by atoms with E-state index < -0.39 is 17.7 Å². The first-order valence-corrected chi connectivity index (χ1v) is 13.2. The highest BCUT2D eigenvalue weighted by molar-refractivity contribution is 5.80. The van der Waals surface area contributed by atoms with Gasteiger partial charge in [0.15, 0.2) is 0 Å². The van der Waals surface area contributed by atoms with Gasteiger partial charge < -0.3 is 19.9 Å². The predicted molar refractivity (Wildman–Crippen MR) is 143 cm³/mol. The number of nitrogens with one attached hydrogen (secondary N) is 1. The van der Waals surface area contributed by atoms with Crippen molar-refractivity contribution in [3.05, 3.63) is 82.7 Å². The molecule has 3 heterocycles. The molecule has 3 aromatic carbocycles. The van der Waals surface area contributed by atoms with E-state index in [1.165, 1.54) is 6.07 Å². The SMILES string of the molecule is Cc1c(CNc2ccc3c(c2)OCC3CC(=O)O)cccc1-n1c(C2CCCO2)nc2cc(C(F)(F)F)ccc21. The van der Waals surface area contributed by atoms with Crippen LogP contribution in [0.25, 0.3) is 16.7 Å². The van der Waals surface area contributed by atoms with Crippen molar-refractivity contribution < 1.29 is 32.5 Å². The van der Waals surface area contributed by atoms with Crippen molar-refractivity contribution in [2.75, 3.05) is 18.5 Å². The van der Waals surface area contributed by atoms with Gasteiger partial charge in [0.1, 0.15) is 17.7 Å². The number of hydrogen-bond acceptors (Lipinski definition) is 5. The average Bonchev–Trinajstić information content (AvgIpc) is 3.66. The number of alkyl halides is 3. The predicted octanol–water partition coefficient (Wildman–Crippen LogP) is 6.77. The zero-order valence-corrected chi connectivity index (χ0v) is 21.8. The van der Waals surface area contributed by atoms with Gasteiger partial charge in [-0.3, -0.25) is 9.36 Å². The van der Waals surface area contributed by atoms with Crippen LogP contribution in [0.5, 0.6) is 5.75 Å². The molecule has 0 bridgehead atoms. The highest BCUT2D eigenvalue weighted by atomic mass is 19.4. The normalized spacial score (nSPS) is 18.6. The third-order valence-corrected chi connectivity index (χ3v) is 7.68. The van der Waals surface area contributed by atoms with Crippen molar-refractivity contribution in [1.82, 2.24) is 9.55 Å². The summed E-state index contributed by atoms with van der Waals surface area (Å²) in [5.41, 5.74) is 4.69. The molecule has 0 saturated carbocycles. The highest BCUT2D eigenvalue weighted by Crippen LogP contribution is 2.39. The molecule has 2 N–H and O–H groups in total. The van der Waals surface area contributed by atoms with Crippen LogP contribution in [-0.4, -0.2) is 33.8 Å². The van der Waals surface area contributed by atoms with Crippen molar-refractivity contribution in [1.29, 1.82) is 0 Å². The Morgan fingerprint density at radius 3 is 2.77 bits per heavy atom. The van der Waals surface area contributed by atoms with Crippen molar-refractivity contribution in [2.24, 2.45) is 0 Å². The molecule has 0 amide bonds. The first-order chi connectivity index (χ1) is 19.2. The minimum Gasteiger partial charge on any atom is -0.493 e. The summed E-state index contributed by atoms with van der Waals surface area (Å²) in [7, 11) is 0. The maximum Gasteiger partial charge on any atom is 0.416 e. The lowest BCUT2D eigenvalue weighted by Gasteiger charge is -2.18. The van der Waals surface area contributed by atoms with Gasteiger partial charge in [-0.2, -0.15) is 13.2 Å². The Morgan fingerprint density at radius 2 is 2.02 bits per heavy atom. The minimum atomic E-state index is -4.46. The largest absolute Gasteiger partial charge is 0.493 e. The fourth-order valence-electron chi connectivity index (χ4n) is 5.59. The second-order valence-electron chi connectivity index (χ2n) is 10.3. The summed E-state index contributed by atoms with van der Waals surface area (Å²) in [6, 6.07) is 15.3. The number of anilines is 1. The molecular formula is C30H28F3N3O4. The number of nitrogens with zero attached hydrogens (tertiary/aromatic N) is 2. The number of halogens is 3. The lowest BCUT2D eigenvalue weighted by Crippen LogP contribution is -2.10. The van der Waals surface area contributed by atoms with Gasteiger partial charge in [0.2, 0.25) is 0 Å². The Kier molecular flexibility index (Phi) is 6.66. The maximum atomic E-state index is 13.4. The van der Waals surface area contributed by atoms with Crippen molar-refractivity contribution in [3.8, 4) is 11.4 Å². The highest BCUT2D eigenvalue weighted by Gasteiger charge is 2.32. The number of ether oxygens (including phenoxy) is 2. The number of carbonyl (C=O) groups is 1. The number of imidazole rings is 1. The summed E-state index contributed by atoms with van der Waals surface area (Å²) < 4.78 is 53.9. The quantitative estimate of drug-likeness (QED) is 0.264. The van der Waals surface area contributed by atoms with Gasteiger partial charge in [0.25, 0.3) is 0 Å². The smallest absolute Gasteiger partial charge is 0.416 e. The molecule has 1 fully saturated rings. The van der Waals surface area contributed by atoms with E-state index in [0.29, 0.717) is 36.8 Å². The summed E-state index contributed by atoms with van der Waals surface area (Å²) in [6.07, 6.45) is -3.10. The zero-order chi connectivity index (χ0) is 28.0. The van der Waals surface area contributed by atoms with E-state index >= 15 is 0 Å². The molecule has 7 nitrogen and oxygen atoms in total. The molecule has 40 heavy (non-hydrogen) atoms. The first-order valence-electron chi connectivity index (χ1n) is 13.2. The topological polar surface area (TPSA) is 85.6 Å². The standard InChI is InChI=1S/C30H28F3N3O4/c1-17-18(15-34-21-8-9-22-19(12-28(37)38)16-40-27(22)14-21)4-2-5-24(17)36-25-10-7-20(30(31,32)33)13-23(25)35-29(36)26-6-3-11-39-26/h2,4-5,7-10,13-14,19,26,34H,3,6,11-12,15-16H2,1H3,(H,37,38). The summed E-state index contributed by atoms with van der Waals surface area (Å²) >= 11 is 0. The van der Waals surface area contributed by atoms with Crippen molar-refractivity contribution in [3.63, 3.8) is 0 Å². The van der Waals surface area contributed by atoms with Gasteiger partial charge in [-0.25, -0.2) is 4.98 Å². The van der Waals surface area contributed by atoms with E-state index in [-0.39, 0.29) is 24.0 Å². The number of hydrogen-bond donors (Lipinski definition) is 2. The second-order valence-corrected chi connectivity index (χ2v) is 10.3. The Morgan fingerprint density at radius 1 is 1.18 bits per heavy atom. The van der Waals surface area contributed by atoms with Gasteiger partial charge in [-0.05, 0) is 61.2 Å². The Hall–Kier alpha value is -4.05. The van der Waals surface area contributed by atoms with E-state index in [1.807, 2.05) is 47.9 Å². The molecule has 2 aliphatic heterocycles. The molecule has 4 aromatic rings. The summed E-state index contributed by atoms with van der Waals surface area (Å²) in [5, 5.41) is 12.6. The van der Waals surface area contributed by atoms with Crippen LogP contribution in [-0.2, 0) is 22.3 Å². The minimum absolute atomic E-state index is 0.0279. The van der Waals surface area contributed by atoms with Crippen molar-refractivity contribution in [2.45, 2.75) is 50.9 Å². The van der Waals surface area contributed by atoms with Crippen LogP contribution in [0.15, 0.2) is 54.6 Å². The van der Waals surface area contributed by atoms with E-state index in [9.17, 15) is 18.0 Å². The van der Waals surface area contributed by atoms with Gasteiger partial charge >= 0.3 is 12.1 Å². The third-order valence-electron chi connectivity index (χ3n) is 7.68. The zero-order valence-electron chi connectivity index (χ0n) is 21.8. The molecule has 208 valence electrons. The number of aromatic nitrogens is 2. The number of fused-ring (bicyclic) bond motifs is 2. The van der Waals surface area contributed by atoms with Gasteiger partial charge in [0, 0.05) is 36.4 Å². The summed E-state index contributed by atoms with van der Waals surface area (Å²) in [4.78, 5) is 15.8. The summed E-state index contributed by atoms with van der Waals surface area (Å²) in [6.45, 7) is 3.43. The van der Waals surface area contributed by atoms with Crippen molar-refractivity contribution >= 4 is 22.7 Å². The monoisotopic (exact) mass is 551 g/mol. The van der Waals surface area contributed by atoms with Crippen LogP contribution in [0.4, 0.5) is 18.9 Å². The number of benzene rings is 3. The number of aliphatic carboxylic acids is 1. The second kappa shape index (κ2) is 10.2. The van der Waals surface area contributed by atoms with E-state index in [2.05, 4.69) is 10.3 Å². The van der Waals surface area contributed by atoms with Crippen LogP contribution < -0.4 is 10.1 Å². The van der Waals surface area contributed by atoms with E-state index in [4.69, 9.17) is 14.6 Å². The van der Waals surface area contributed by atoms with Crippen LogP contribution in [0.1, 0.15) is 59.4 Å². The van der Waals surface area contributed by atoms with Crippen LogP contribution in [0, 0.1) is 6.92 Å². The lowest BCUT2D eigenvalue weighted by atomic mass is 9.98. The molecule has 2 aliphatic rings. The molecule has 0 aliphatic carbocycles. The molecule has 6 rings (SSSR count). The summed E-state index contributed by atoms with van der Waals surface area (Å²) in [5.74, 6) is 0.279. The average molecular weight is 552 g/mol. The third kappa shape index (κ3) is 4.88. The molecular weight excluding hydrogens is 523 g/mol. The van der Waals surface area contributed by atoms with Crippen LogP contribution >= 0.6 is 0 Å². The molecule has 1 saturated heterocycles. The van der Waals surface area contributed by atoms with Crippen LogP contribution in [0.2, 0.25) is 0 Å². The van der Waals surface area contributed by atoms with E-state index in [0.717, 1.165) is 53.0 Å². The molecule has 0 spiro atoms. The maximum absolute atomic E-state index is 13.4. The van der Waals surface area contributed by atoms with Crippen LogP contribution in [0.3, 0.4) is 0 Å². The Bertz CT molecular complexity index is 1590. The number of carboxylic acids is 1. The fourth-order valence-corrected chi connectivity index (χ4v) is 5.59. The molecule has 1 aromatic heterocycles. The first kappa shape index (κ1) is 26.2. The van der Waals surface area contributed by atoms with Gasteiger partial charge in [0.05, 0.1) is 35.3 Å². The molecule has 10 heteroatoms. The fraction of sp³-hybridized carbons (Fsp3) is 0.333. The Balaban J connectivity index is 1.32. The number of carboxylic acid groups (broad SMARTS) is 1. The molecule has 2 unspecified atom stereocenters. The number of rotatable bonds is 7. The van der Waals surface area contributed by atoms with Gasteiger partial charge in [-0.1, -0.05) is 18.2 Å². The lowest BCUT2D eigenvalue weighted by molar-refractivity contribution is -0.138. The van der Waals surface area contributed by atoms with Gasteiger partial charge in [-0.15, -0.1) is 0 Å². The van der Waals surface area contributed by atoms with E-state index in [1.54, 1.807) is 0 Å². The molecule has 2 atom stereocenters. The Labute approximate surface area is 228 Å².